The van der Waals surface area contributed by atoms with E-state index in [9.17, 15) is 35.9 Å². The van der Waals surface area contributed by atoms with Crippen molar-refractivity contribution in [2.75, 3.05) is 6.61 Å². The van der Waals surface area contributed by atoms with E-state index in [1.807, 2.05) is 0 Å². The number of rotatable bonds is 4. The van der Waals surface area contributed by atoms with Gasteiger partial charge in [-0.05, 0) is 13.8 Å². The molecule has 19 heavy (non-hydrogen) atoms. The first-order chi connectivity index (χ1) is 8.30. The molecule has 0 radical (unpaired) electrons. The Morgan fingerprint density at radius 1 is 1.11 bits per heavy atom. The molecule has 0 rings (SSSR count). The van der Waals surface area contributed by atoms with Crippen LogP contribution >= 0.6 is 0 Å². The molecule has 0 amide bonds. The summed E-state index contributed by atoms with van der Waals surface area (Å²) in [5, 5.41) is 8.94. The molecule has 1 unspecified atom stereocenters. The second kappa shape index (κ2) is 5.35. The van der Waals surface area contributed by atoms with E-state index >= 15 is 0 Å². The van der Waals surface area contributed by atoms with E-state index in [0.29, 0.717) is 6.92 Å². The van der Waals surface area contributed by atoms with Crippen LogP contribution in [-0.4, -0.2) is 41.4 Å². The Balaban J connectivity index is 5.95. The average Bonchev–Trinajstić information content (AvgIpc) is 2.13. The smallest absolute Gasteiger partial charge is 0.427 e. The summed E-state index contributed by atoms with van der Waals surface area (Å²) in [7, 11) is 0. The molecule has 0 aromatic carbocycles. The van der Waals surface area contributed by atoms with Gasteiger partial charge in [-0.1, -0.05) is 0 Å². The lowest BCUT2D eigenvalue weighted by molar-refractivity contribution is -0.378. The molecule has 112 valence electrons. The van der Waals surface area contributed by atoms with Gasteiger partial charge in [0.1, 0.15) is 5.78 Å². The summed E-state index contributed by atoms with van der Waals surface area (Å²) in [6, 6.07) is 0. The third-order valence-electron chi connectivity index (χ3n) is 2.21. The first-order valence-corrected chi connectivity index (χ1v) is 4.83. The van der Waals surface area contributed by atoms with Gasteiger partial charge in [0.15, 0.2) is 5.92 Å². The highest BCUT2D eigenvalue weighted by Gasteiger charge is 2.77. The molecule has 0 aliphatic heterocycles. The summed E-state index contributed by atoms with van der Waals surface area (Å²) in [5.74, 6) is -7.32. The molecule has 0 fully saturated rings. The number of aliphatic hydroxyl groups is 1. The third kappa shape index (κ3) is 3.17. The van der Waals surface area contributed by atoms with Gasteiger partial charge in [-0.25, -0.2) is 0 Å². The minimum absolute atomic E-state index is 0.323. The second-order valence-corrected chi connectivity index (χ2v) is 3.56. The molecule has 1 N–H and O–H groups in total. The van der Waals surface area contributed by atoms with E-state index in [2.05, 4.69) is 4.74 Å². The van der Waals surface area contributed by atoms with Crippen LogP contribution < -0.4 is 0 Å². The van der Waals surface area contributed by atoms with Crippen LogP contribution in [0, 0.1) is 5.92 Å². The van der Waals surface area contributed by atoms with Gasteiger partial charge in [0.2, 0.25) is 0 Å². The maximum Gasteiger partial charge on any atom is 0.427 e. The Morgan fingerprint density at radius 2 is 1.47 bits per heavy atom. The molecule has 1 atom stereocenters. The molecule has 0 saturated carbocycles. The van der Waals surface area contributed by atoms with Gasteiger partial charge in [0, 0.05) is 0 Å². The summed E-state index contributed by atoms with van der Waals surface area (Å²) in [4.78, 5) is 22.1. The maximum absolute atomic E-state index is 12.5. The van der Waals surface area contributed by atoms with Crippen LogP contribution in [0.25, 0.3) is 0 Å². The minimum Gasteiger partial charge on any atom is -0.465 e. The number of hydrogen-bond acceptors (Lipinski definition) is 4. The summed E-state index contributed by atoms with van der Waals surface area (Å²) in [5.41, 5.74) is -5.49. The highest BCUT2D eigenvalue weighted by atomic mass is 19.4. The Hall–Kier alpha value is -1.32. The monoisotopic (exact) mass is 296 g/mol. The van der Waals surface area contributed by atoms with E-state index in [1.165, 1.54) is 0 Å². The van der Waals surface area contributed by atoms with Crippen molar-refractivity contribution in [2.45, 2.75) is 31.8 Å². The fourth-order valence-electron chi connectivity index (χ4n) is 1.34. The van der Waals surface area contributed by atoms with Crippen molar-refractivity contribution in [3.05, 3.63) is 0 Å². The zero-order valence-corrected chi connectivity index (χ0v) is 9.72. The number of ether oxygens (including phenoxy) is 1. The van der Waals surface area contributed by atoms with Crippen molar-refractivity contribution in [1.29, 1.82) is 0 Å². The molecule has 0 heterocycles. The average molecular weight is 296 g/mol. The number of esters is 1. The molecule has 0 aliphatic carbocycles. The Kier molecular flexibility index (Phi) is 4.98. The van der Waals surface area contributed by atoms with E-state index in [0.717, 1.165) is 6.92 Å². The number of Topliss-reactive ketones (excluding diaryl/α,β-unsaturated/α-hetero) is 1. The first kappa shape index (κ1) is 17.7. The minimum atomic E-state index is -6.27. The Labute approximate surface area is 103 Å². The van der Waals surface area contributed by atoms with E-state index in [-0.39, 0.29) is 0 Å². The van der Waals surface area contributed by atoms with Crippen LogP contribution in [0.2, 0.25) is 0 Å². The normalized spacial score (nSPS) is 15.0. The Morgan fingerprint density at radius 3 is 1.68 bits per heavy atom. The van der Waals surface area contributed by atoms with Gasteiger partial charge >= 0.3 is 18.3 Å². The van der Waals surface area contributed by atoms with Crippen molar-refractivity contribution in [3.63, 3.8) is 0 Å². The highest BCUT2D eigenvalue weighted by molar-refractivity contribution is 5.99. The Bertz CT molecular complexity index is 345. The van der Waals surface area contributed by atoms with Crippen LogP contribution in [0.4, 0.5) is 26.3 Å². The van der Waals surface area contributed by atoms with Gasteiger partial charge < -0.3 is 9.84 Å². The summed E-state index contributed by atoms with van der Waals surface area (Å²) in [6.45, 7) is 0.897. The number of alkyl halides is 6. The highest BCUT2D eigenvalue weighted by Crippen LogP contribution is 2.48. The maximum atomic E-state index is 12.5. The standard InChI is InChI=1S/C9H10F6O4/c1-3-19-6(17)5(4(2)16)7(18,8(10,11)12)9(13,14)15/h5,18H,3H2,1-2H3. The first-order valence-electron chi connectivity index (χ1n) is 4.83. The van der Waals surface area contributed by atoms with Crippen LogP contribution in [0.1, 0.15) is 13.8 Å². The fourth-order valence-corrected chi connectivity index (χ4v) is 1.34. The number of halogens is 6. The largest absolute Gasteiger partial charge is 0.465 e. The van der Waals surface area contributed by atoms with Gasteiger partial charge in [0.05, 0.1) is 6.61 Å². The van der Waals surface area contributed by atoms with Crippen LogP contribution in [0.15, 0.2) is 0 Å². The van der Waals surface area contributed by atoms with Crippen LogP contribution in [0.3, 0.4) is 0 Å². The fraction of sp³-hybridized carbons (Fsp3) is 0.778. The molecule has 0 aliphatic rings. The zero-order valence-electron chi connectivity index (χ0n) is 9.72. The summed E-state index contributed by atoms with van der Waals surface area (Å²) < 4.78 is 78.9. The van der Waals surface area contributed by atoms with Gasteiger partial charge in [-0.15, -0.1) is 0 Å². The lowest BCUT2D eigenvalue weighted by Crippen LogP contribution is -2.65. The quantitative estimate of drug-likeness (QED) is 0.486. The lowest BCUT2D eigenvalue weighted by atomic mass is 9.83. The van der Waals surface area contributed by atoms with Crippen molar-refractivity contribution >= 4 is 11.8 Å². The molecule has 0 bridgehead atoms. The van der Waals surface area contributed by atoms with Crippen LogP contribution in [-0.2, 0) is 14.3 Å². The molecule has 0 aromatic rings. The summed E-state index contributed by atoms with van der Waals surface area (Å²) in [6.07, 6.45) is -12.5. The second-order valence-electron chi connectivity index (χ2n) is 3.56. The van der Waals surface area contributed by atoms with E-state index < -0.39 is 42.2 Å². The van der Waals surface area contributed by atoms with Gasteiger partial charge in [0.25, 0.3) is 5.60 Å². The molecule has 0 aromatic heterocycles. The van der Waals surface area contributed by atoms with Gasteiger partial charge in [-0.3, -0.25) is 9.59 Å². The van der Waals surface area contributed by atoms with Crippen molar-refractivity contribution < 1.29 is 45.8 Å². The van der Waals surface area contributed by atoms with Crippen molar-refractivity contribution in [3.8, 4) is 0 Å². The number of hydrogen-bond donors (Lipinski definition) is 1. The number of carbonyl (C=O) groups is 2. The predicted molar refractivity (Wildman–Crippen MR) is 47.9 cm³/mol. The number of ketones is 1. The van der Waals surface area contributed by atoms with Crippen molar-refractivity contribution in [2.24, 2.45) is 5.92 Å². The van der Waals surface area contributed by atoms with E-state index in [4.69, 9.17) is 5.11 Å². The molecule has 0 saturated heterocycles. The van der Waals surface area contributed by atoms with E-state index in [1.54, 1.807) is 0 Å². The molecular weight excluding hydrogens is 286 g/mol. The number of carbonyl (C=O) groups excluding carboxylic acids is 2. The topological polar surface area (TPSA) is 63.6 Å². The molecular formula is C9H10F6O4. The van der Waals surface area contributed by atoms with Gasteiger partial charge in [-0.2, -0.15) is 26.3 Å². The third-order valence-corrected chi connectivity index (χ3v) is 2.21. The molecule has 4 nitrogen and oxygen atoms in total. The van der Waals surface area contributed by atoms with Crippen molar-refractivity contribution in [1.82, 2.24) is 0 Å². The van der Waals surface area contributed by atoms with Crippen LogP contribution in [0.5, 0.6) is 0 Å². The lowest BCUT2D eigenvalue weighted by Gasteiger charge is -2.36. The SMILES string of the molecule is CCOC(=O)C(C(C)=O)C(O)(C(F)(F)F)C(F)(F)F. The summed E-state index contributed by atoms with van der Waals surface area (Å²) >= 11 is 0. The zero-order chi connectivity index (χ0) is 15.6. The molecule has 0 spiro atoms. The molecule has 10 heteroatoms. The predicted octanol–water partition coefficient (Wildman–Crippen LogP) is 1.61.